The van der Waals surface area contributed by atoms with Crippen molar-refractivity contribution in [3.63, 3.8) is 0 Å². The van der Waals surface area contributed by atoms with E-state index in [9.17, 15) is 9.50 Å². The van der Waals surface area contributed by atoms with Gasteiger partial charge in [-0.05, 0) is 49.8 Å². The first kappa shape index (κ1) is 14.3. The van der Waals surface area contributed by atoms with Gasteiger partial charge in [0.25, 0.3) is 0 Å². The molecule has 1 unspecified atom stereocenters. The Morgan fingerprint density at radius 3 is 2.53 bits per heavy atom. The molecule has 1 heterocycles. The minimum Gasteiger partial charge on any atom is -0.389 e. The summed E-state index contributed by atoms with van der Waals surface area (Å²) in [6, 6.07) is 3.36. The lowest BCUT2D eigenvalue weighted by Gasteiger charge is -2.25. The summed E-state index contributed by atoms with van der Waals surface area (Å²) in [4.78, 5) is 2.29. The Hall–Kier alpha value is -1.09. The average Bonchev–Trinajstić information content (AvgIpc) is 2.81. The summed E-state index contributed by atoms with van der Waals surface area (Å²) >= 11 is 0. The minimum absolute atomic E-state index is 0.237. The molecule has 0 radical (unpaired) electrons. The number of nitrogens with zero attached hydrogens (tertiary/aromatic N) is 1. The molecule has 0 bridgehead atoms. The van der Waals surface area contributed by atoms with E-state index in [4.69, 9.17) is 0 Å². The Kier molecular flexibility index (Phi) is 4.14. The largest absolute Gasteiger partial charge is 0.389 e. The van der Waals surface area contributed by atoms with E-state index in [0.29, 0.717) is 23.0 Å². The second kappa shape index (κ2) is 5.49. The lowest BCUT2D eigenvalue weighted by Crippen LogP contribution is -2.23. The summed E-state index contributed by atoms with van der Waals surface area (Å²) < 4.78 is 13.7. The van der Waals surface area contributed by atoms with Crippen molar-refractivity contribution < 1.29 is 9.50 Å². The summed E-state index contributed by atoms with van der Waals surface area (Å²) in [6.07, 6.45) is 0.538. The van der Waals surface area contributed by atoms with Gasteiger partial charge in [0.1, 0.15) is 5.82 Å². The van der Waals surface area contributed by atoms with Gasteiger partial charge in [0, 0.05) is 24.3 Å². The highest BCUT2D eigenvalue weighted by atomic mass is 19.1. The third kappa shape index (κ3) is 2.92. The zero-order valence-corrected chi connectivity index (χ0v) is 12.3. The molecule has 19 heavy (non-hydrogen) atoms. The summed E-state index contributed by atoms with van der Waals surface area (Å²) in [5.74, 6) is 1.12. The molecule has 3 heteroatoms. The number of hydrogen-bond donors (Lipinski definition) is 1. The molecule has 0 amide bonds. The van der Waals surface area contributed by atoms with Crippen LogP contribution in [0.15, 0.2) is 12.1 Å². The molecule has 2 nitrogen and oxygen atoms in total. The number of halogens is 1. The van der Waals surface area contributed by atoms with E-state index >= 15 is 0 Å². The van der Waals surface area contributed by atoms with Crippen LogP contribution >= 0.6 is 0 Å². The highest BCUT2D eigenvalue weighted by Crippen LogP contribution is 2.34. The molecule has 1 aromatic rings. The monoisotopic (exact) mass is 265 g/mol. The van der Waals surface area contributed by atoms with Crippen molar-refractivity contribution in [2.75, 3.05) is 18.0 Å². The Balaban J connectivity index is 2.32. The van der Waals surface area contributed by atoms with E-state index in [2.05, 4.69) is 18.7 Å². The first-order valence-electron chi connectivity index (χ1n) is 7.13. The van der Waals surface area contributed by atoms with Gasteiger partial charge in [0.2, 0.25) is 0 Å². The summed E-state index contributed by atoms with van der Waals surface area (Å²) in [7, 11) is 0. The number of aliphatic hydroxyl groups excluding tert-OH is 1. The standard InChI is InChI=1S/C16H24FNO/c1-10(2)13-5-6-18(9-13)16-7-11(3)15(17)8-14(16)12(4)19/h7-8,10,12-13,19H,5-6,9H2,1-4H3/t12-,13?/m1/s1. The highest BCUT2D eigenvalue weighted by molar-refractivity contribution is 5.57. The van der Waals surface area contributed by atoms with E-state index in [0.717, 1.165) is 18.8 Å². The first-order chi connectivity index (χ1) is 8.90. The molecule has 0 aliphatic carbocycles. The Labute approximate surface area is 115 Å². The average molecular weight is 265 g/mol. The predicted octanol–water partition coefficient (Wildman–Crippen LogP) is 3.67. The second-order valence-electron chi connectivity index (χ2n) is 6.07. The molecule has 1 N–H and O–H groups in total. The van der Waals surface area contributed by atoms with Gasteiger partial charge in [-0.15, -0.1) is 0 Å². The molecule has 106 valence electrons. The van der Waals surface area contributed by atoms with Gasteiger partial charge in [0.05, 0.1) is 6.10 Å². The molecular formula is C16H24FNO. The van der Waals surface area contributed by atoms with E-state index in [1.54, 1.807) is 13.8 Å². The molecule has 2 rings (SSSR count). The van der Waals surface area contributed by atoms with Crippen LogP contribution < -0.4 is 4.90 Å². The molecule has 1 aliphatic rings. The number of aliphatic hydroxyl groups is 1. The Morgan fingerprint density at radius 1 is 1.32 bits per heavy atom. The molecule has 0 spiro atoms. The topological polar surface area (TPSA) is 23.5 Å². The molecular weight excluding hydrogens is 241 g/mol. The van der Waals surface area contributed by atoms with Crippen LogP contribution in [-0.4, -0.2) is 18.2 Å². The Morgan fingerprint density at radius 2 is 2.00 bits per heavy atom. The molecule has 1 aliphatic heterocycles. The van der Waals surface area contributed by atoms with Crippen LogP contribution in [0.4, 0.5) is 10.1 Å². The van der Waals surface area contributed by atoms with Crippen molar-refractivity contribution in [3.05, 3.63) is 29.1 Å². The third-order valence-corrected chi connectivity index (χ3v) is 4.27. The van der Waals surface area contributed by atoms with Crippen LogP contribution in [0, 0.1) is 24.6 Å². The van der Waals surface area contributed by atoms with Gasteiger partial charge in [-0.3, -0.25) is 0 Å². The van der Waals surface area contributed by atoms with Crippen molar-refractivity contribution in [1.82, 2.24) is 0 Å². The number of hydrogen-bond acceptors (Lipinski definition) is 2. The molecule has 1 fully saturated rings. The molecule has 0 aromatic heterocycles. The smallest absolute Gasteiger partial charge is 0.126 e. The van der Waals surface area contributed by atoms with Gasteiger partial charge < -0.3 is 10.0 Å². The van der Waals surface area contributed by atoms with Crippen LogP contribution in [0.5, 0.6) is 0 Å². The predicted molar refractivity (Wildman–Crippen MR) is 76.9 cm³/mol. The number of rotatable bonds is 3. The SMILES string of the molecule is Cc1cc(N2CCC(C(C)C)C2)c([C@@H](C)O)cc1F. The van der Waals surface area contributed by atoms with E-state index < -0.39 is 6.10 Å². The fraction of sp³-hybridized carbons (Fsp3) is 0.625. The summed E-state index contributed by atoms with van der Waals surface area (Å²) in [5, 5.41) is 9.86. The van der Waals surface area contributed by atoms with Crippen molar-refractivity contribution in [2.45, 2.75) is 40.2 Å². The van der Waals surface area contributed by atoms with Crippen LogP contribution in [0.2, 0.25) is 0 Å². The van der Waals surface area contributed by atoms with Gasteiger partial charge >= 0.3 is 0 Å². The van der Waals surface area contributed by atoms with Gasteiger partial charge in [-0.1, -0.05) is 13.8 Å². The van der Waals surface area contributed by atoms with E-state index in [-0.39, 0.29) is 5.82 Å². The third-order valence-electron chi connectivity index (χ3n) is 4.27. The molecule has 0 saturated carbocycles. The lowest BCUT2D eigenvalue weighted by atomic mass is 9.95. The van der Waals surface area contributed by atoms with Crippen molar-refractivity contribution in [2.24, 2.45) is 11.8 Å². The van der Waals surface area contributed by atoms with E-state index in [1.807, 2.05) is 6.07 Å². The maximum atomic E-state index is 13.7. The van der Waals surface area contributed by atoms with Crippen molar-refractivity contribution in [1.29, 1.82) is 0 Å². The maximum Gasteiger partial charge on any atom is 0.126 e. The number of benzene rings is 1. The van der Waals surface area contributed by atoms with Crippen LogP contribution in [0.25, 0.3) is 0 Å². The summed E-state index contributed by atoms with van der Waals surface area (Å²) in [6.45, 7) is 9.97. The molecule has 1 saturated heterocycles. The number of anilines is 1. The van der Waals surface area contributed by atoms with Crippen molar-refractivity contribution in [3.8, 4) is 0 Å². The normalized spacial score (nSPS) is 21.2. The lowest BCUT2D eigenvalue weighted by molar-refractivity contribution is 0.199. The second-order valence-corrected chi connectivity index (χ2v) is 6.07. The van der Waals surface area contributed by atoms with E-state index in [1.165, 1.54) is 12.5 Å². The molecule has 2 atom stereocenters. The maximum absolute atomic E-state index is 13.7. The number of aryl methyl sites for hydroxylation is 1. The van der Waals surface area contributed by atoms with Gasteiger partial charge in [-0.25, -0.2) is 4.39 Å². The summed E-state index contributed by atoms with van der Waals surface area (Å²) in [5.41, 5.74) is 2.34. The van der Waals surface area contributed by atoms with Crippen LogP contribution in [0.3, 0.4) is 0 Å². The van der Waals surface area contributed by atoms with Crippen LogP contribution in [-0.2, 0) is 0 Å². The van der Waals surface area contributed by atoms with Crippen LogP contribution in [0.1, 0.15) is 44.4 Å². The quantitative estimate of drug-likeness (QED) is 0.901. The minimum atomic E-state index is -0.636. The van der Waals surface area contributed by atoms with Crippen molar-refractivity contribution >= 4 is 5.69 Å². The highest BCUT2D eigenvalue weighted by Gasteiger charge is 2.27. The zero-order chi connectivity index (χ0) is 14.2. The Bertz CT molecular complexity index is 456. The van der Waals surface area contributed by atoms with Gasteiger partial charge in [0.15, 0.2) is 0 Å². The van der Waals surface area contributed by atoms with Gasteiger partial charge in [-0.2, -0.15) is 0 Å². The zero-order valence-electron chi connectivity index (χ0n) is 12.3. The molecule has 1 aromatic carbocycles. The fourth-order valence-corrected chi connectivity index (χ4v) is 2.84. The first-order valence-corrected chi connectivity index (χ1v) is 7.13. The fourth-order valence-electron chi connectivity index (χ4n) is 2.84.